The van der Waals surface area contributed by atoms with E-state index < -0.39 is 5.82 Å². The SMILES string of the molecule is COCCN(Cc1cc(-c2cc(OC)ccc2OC)on1)C(=O)c1cccc(F)c1. The number of carbonyl (C=O) groups is 1. The van der Waals surface area contributed by atoms with Gasteiger partial charge < -0.3 is 23.6 Å². The van der Waals surface area contributed by atoms with Crippen LogP contribution in [0.25, 0.3) is 11.3 Å². The summed E-state index contributed by atoms with van der Waals surface area (Å²) in [6.07, 6.45) is 0. The lowest BCUT2D eigenvalue weighted by Crippen LogP contribution is -2.33. The van der Waals surface area contributed by atoms with Crippen molar-refractivity contribution in [1.29, 1.82) is 0 Å². The lowest BCUT2D eigenvalue weighted by Gasteiger charge is -2.21. The highest BCUT2D eigenvalue weighted by atomic mass is 19.1. The summed E-state index contributed by atoms with van der Waals surface area (Å²) >= 11 is 0. The van der Waals surface area contributed by atoms with Gasteiger partial charge in [0.15, 0.2) is 5.76 Å². The van der Waals surface area contributed by atoms with Crippen molar-refractivity contribution in [2.75, 3.05) is 34.5 Å². The van der Waals surface area contributed by atoms with E-state index in [-0.39, 0.29) is 18.0 Å². The van der Waals surface area contributed by atoms with Crippen LogP contribution in [-0.4, -0.2) is 50.4 Å². The third-order valence-corrected chi connectivity index (χ3v) is 4.51. The van der Waals surface area contributed by atoms with Gasteiger partial charge in [0.25, 0.3) is 5.91 Å². The van der Waals surface area contributed by atoms with Gasteiger partial charge >= 0.3 is 0 Å². The molecule has 0 aliphatic heterocycles. The lowest BCUT2D eigenvalue weighted by atomic mass is 10.1. The van der Waals surface area contributed by atoms with Crippen LogP contribution in [0.2, 0.25) is 0 Å². The zero-order valence-corrected chi connectivity index (χ0v) is 17.1. The van der Waals surface area contributed by atoms with Gasteiger partial charge in [0.05, 0.1) is 32.9 Å². The molecule has 8 heteroatoms. The molecule has 0 saturated heterocycles. The smallest absolute Gasteiger partial charge is 0.254 e. The Morgan fingerprint density at radius 3 is 2.63 bits per heavy atom. The van der Waals surface area contributed by atoms with Gasteiger partial charge in [0, 0.05) is 25.3 Å². The minimum atomic E-state index is -0.471. The van der Waals surface area contributed by atoms with Gasteiger partial charge in [0.2, 0.25) is 0 Å². The van der Waals surface area contributed by atoms with Crippen LogP contribution < -0.4 is 9.47 Å². The molecule has 158 valence electrons. The van der Waals surface area contributed by atoms with Crippen molar-refractivity contribution < 1.29 is 27.9 Å². The van der Waals surface area contributed by atoms with Crippen molar-refractivity contribution in [3.05, 3.63) is 65.6 Å². The minimum absolute atomic E-state index is 0.175. The van der Waals surface area contributed by atoms with E-state index in [1.165, 1.54) is 23.1 Å². The van der Waals surface area contributed by atoms with Crippen molar-refractivity contribution in [3.8, 4) is 22.8 Å². The van der Waals surface area contributed by atoms with E-state index in [0.717, 1.165) is 0 Å². The van der Waals surface area contributed by atoms with Gasteiger partial charge in [-0.3, -0.25) is 4.79 Å². The molecule has 1 amide bonds. The van der Waals surface area contributed by atoms with E-state index in [0.29, 0.717) is 41.7 Å². The zero-order valence-electron chi connectivity index (χ0n) is 17.1. The molecule has 0 saturated carbocycles. The van der Waals surface area contributed by atoms with Crippen molar-refractivity contribution in [2.45, 2.75) is 6.54 Å². The van der Waals surface area contributed by atoms with Crippen LogP contribution in [0.1, 0.15) is 16.1 Å². The number of ether oxygens (including phenoxy) is 3. The van der Waals surface area contributed by atoms with Crippen LogP contribution in [0.3, 0.4) is 0 Å². The number of aromatic nitrogens is 1. The number of halogens is 1. The number of benzene rings is 2. The van der Waals surface area contributed by atoms with Gasteiger partial charge in [-0.25, -0.2) is 4.39 Å². The Labute approximate surface area is 173 Å². The van der Waals surface area contributed by atoms with Crippen molar-refractivity contribution >= 4 is 5.91 Å². The Kier molecular flexibility index (Phi) is 7.03. The van der Waals surface area contributed by atoms with Gasteiger partial charge in [-0.05, 0) is 36.4 Å². The number of carbonyl (C=O) groups excluding carboxylic acids is 1. The molecule has 2 aromatic carbocycles. The summed E-state index contributed by atoms with van der Waals surface area (Å²) in [7, 11) is 4.68. The first kappa shape index (κ1) is 21.3. The molecule has 0 radical (unpaired) electrons. The van der Waals surface area contributed by atoms with Gasteiger partial charge in [0.1, 0.15) is 23.0 Å². The van der Waals surface area contributed by atoms with Crippen LogP contribution in [0.4, 0.5) is 4.39 Å². The van der Waals surface area contributed by atoms with E-state index in [4.69, 9.17) is 18.7 Å². The molecule has 0 bridgehead atoms. The second kappa shape index (κ2) is 9.89. The maximum atomic E-state index is 13.5. The lowest BCUT2D eigenvalue weighted by molar-refractivity contribution is 0.0675. The average Bonchev–Trinajstić information content (AvgIpc) is 3.24. The number of nitrogens with zero attached hydrogens (tertiary/aromatic N) is 2. The molecule has 0 fully saturated rings. The van der Waals surface area contributed by atoms with Crippen molar-refractivity contribution in [1.82, 2.24) is 10.1 Å². The number of methoxy groups -OCH3 is 3. The summed E-state index contributed by atoms with van der Waals surface area (Å²) < 4.78 is 34.8. The number of hydrogen-bond acceptors (Lipinski definition) is 6. The molecule has 0 aliphatic carbocycles. The Hall–Kier alpha value is -3.39. The predicted molar refractivity (Wildman–Crippen MR) is 108 cm³/mol. The van der Waals surface area contributed by atoms with Crippen LogP contribution in [0.5, 0.6) is 11.5 Å². The number of rotatable bonds is 9. The van der Waals surface area contributed by atoms with Crippen LogP contribution in [-0.2, 0) is 11.3 Å². The average molecular weight is 414 g/mol. The first-order valence-corrected chi connectivity index (χ1v) is 9.27. The molecule has 0 aliphatic rings. The number of hydrogen-bond donors (Lipinski definition) is 0. The molecule has 0 atom stereocenters. The number of amides is 1. The highest BCUT2D eigenvalue weighted by molar-refractivity contribution is 5.94. The normalized spacial score (nSPS) is 10.7. The summed E-state index contributed by atoms with van der Waals surface area (Å²) in [6, 6.07) is 12.6. The Balaban J connectivity index is 1.85. The third-order valence-electron chi connectivity index (χ3n) is 4.51. The summed E-state index contributed by atoms with van der Waals surface area (Å²) in [6.45, 7) is 0.820. The van der Waals surface area contributed by atoms with Gasteiger partial charge in [-0.2, -0.15) is 0 Å². The summed E-state index contributed by atoms with van der Waals surface area (Å²) in [5, 5.41) is 4.08. The Morgan fingerprint density at radius 2 is 1.93 bits per heavy atom. The summed E-state index contributed by atoms with van der Waals surface area (Å²) in [5.41, 5.74) is 1.47. The molecule has 3 aromatic rings. The molecule has 0 N–H and O–H groups in total. The van der Waals surface area contributed by atoms with Gasteiger partial charge in [-0.1, -0.05) is 11.2 Å². The zero-order chi connectivity index (χ0) is 21.5. The highest BCUT2D eigenvalue weighted by Gasteiger charge is 2.20. The molecule has 1 aromatic heterocycles. The van der Waals surface area contributed by atoms with E-state index in [1.54, 1.807) is 51.7 Å². The maximum Gasteiger partial charge on any atom is 0.254 e. The molecule has 30 heavy (non-hydrogen) atoms. The third kappa shape index (κ3) is 4.96. The standard InChI is InChI=1S/C22H23FN2O5/c1-27-10-9-25(22(26)15-5-4-6-16(23)11-15)14-17-12-21(30-24-17)19-13-18(28-2)7-8-20(19)29-3/h4-8,11-13H,9-10,14H2,1-3H3. The maximum absolute atomic E-state index is 13.5. The van der Waals surface area contributed by atoms with E-state index >= 15 is 0 Å². The van der Waals surface area contributed by atoms with E-state index in [1.807, 2.05) is 0 Å². The first-order chi connectivity index (χ1) is 14.5. The summed E-state index contributed by atoms with van der Waals surface area (Å²) in [4.78, 5) is 14.4. The highest BCUT2D eigenvalue weighted by Crippen LogP contribution is 2.34. The fourth-order valence-electron chi connectivity index (χ4n) is 2.97. The van der Waals surface area contributed by atoms with Crippen LogP contribution >= 0.6 is 0 Å². The first-order valence-electron chi connectivity index (χ1n) is 9.27. The second-order valence-corrected chi connectivity index (χ2v) is 6.48. The molecule has 1 heterocycles. The Bertz CT molecular complexity index is 1000. The quantitative estimate of drug-likeness (QED) is 0.530. The minimum Gasteiger partial charge on any atom is -0.497 e. The monoisotopic (exact) mass is 414 g/mol. The fourth-order valence-corrected chi connectivity index (χ4v) is 2.97. The largest absolute Gasteiger partial charge is 0.497 e. The predicted octanol–water partition coefficient (Wildman–Crippen LogP) is 3.79. The molecular weight excluding hydrogens is 391 g/mol. The van der Waals surface area contributed by atoms with Crippen LogP contribution in [0, 0.1) is 5.82 Å². The topological polar surface area (TPSA) is 74.0 Å². The van der Waals surface area contributed by atoms with Crippen molar-refractivity contribution in [2.24, 2.45) is 0 Å². The molecule has 7 nitrogen and oxygen atoms in total. The van der Waals surface area contributed by atoms with E-state index in [9.17, 15) is 9.18 Å². The van der Waals surface area contributed by atoms with Crippen LogP contribution in [0.15, 0.2) is 53.1 Å². The Morgan fingerprint density at radius 1 is 1.10 bits per heavy atom. The summed E-state index contributed by atoms with van der Waals surface area (Å²) in [5.74, 6) is 0.930. The molecule has 0 spiro atoms. The van der Waals surface area contributed by atoms with Crippen molar-refractivity contribution in [3.63, 3.8) is 0 Å². The van der Waals surface area contributed by atoms with E-state index in [2.05, 4.69) is 5.16 Å². The fraction of sp³-hybridized carbons (Fsp3) is 0.273. The van der Waals surface area contributed by atoms with Gasteiger partial charge in [-0.15, -0.1) is 0 Å². The molecule has 3 rings (SSSR count). The molecular formula is C22H23FN2O5. The molecule has 0 unspecified atom stereocenters. The second-order valence-electron chi connectivity index (χ2n) is 6.48.